The Balaban J connectivity index is 2.94. The zero-order valence-electron chi connectivity index (χ0n) is 13.4. The molecule has 1 rings (SSSR count). The van der Waals surface area contributed by atoms with Gasteiger partial charge in [-0.15, -0.1) is 0 Å². The molecule has 1 atom stereocenters. The summed E-state index contributed by atoms with van der Waals surface area (Å²) in [4.78, 5) is 24.3. The van der Waals surface area contributed by atoms with Crippen molar-refractivity contribution in [3.63, 3.8) is 0 Å². The molecule has 1 aromatic rings. The third-order valence-corrected chi connectivity index (χ3v) is 3.39. The first kappa shape index (κ1) is 19.5. The van der Waals surface area contributed by atoms with Gasteiger partial charge in [-0.05, 0) is 18.2 Å². The van der Waals surface area contributed by atoms with Gasteiger partial charge in [0, 0.05) is 32.4 Å². The van der Waals surface area contributed by atoms with Crippen molar-refractivity contribution in [2.75, 3.05) is 43.1 Å². The lowest BCUT2D eigenvalue weighted by molar-refractivity contribution is -0.110. The predicted molar refractivity (Wildman–Crippen MR) is 89.9 cm³/mol. The van der Waals surface area contributed by atoms with Gasteiger partial charge in [0.2, 0.25) is 12.8 Å². The molecule has 0 bridgehead atoms. The Labute approximate surface area is 139 Å². The lowest BCUT2D eigenvalue weighted by Crippen LogP contribution is -2.39. The summed E-state index contributed by atoms with van der Waals surface area (Å²) in [6.07, 6.45) is 1.66. The Morgan fingerprint density at radius 2 is 2.17 bits per heavy atom. The third-order valence-electron chi connectivity index (χ3n) is 3.39. The largest absolute Gasteiger partial charge is 0.378 e. The molecule has 9 heteroatoms. The van der Waals surface area contributed by atoms with Gasteiger partial charge in [-0.2, -0.15) is 0 Å². The normalized spacial score (nSPS) is 11.5. The summed E-state index contributed by atoms with van der Waals surface area (Å²) in [5, 5.41) is 9.79. The van der Waals surface area contributed by atoms with Crippen molar-refractivity contribution >= 4 is 30.5 Å². The third kappa shape index (κ3) is 5.28. The molecule has 4 N–H and O–H groups in total. The molecule has 0 aromatic heterocycles. The maximum absolute atomic E-state index is 14.3. The van der Waals surface area contributed by atoms with Gasteiger partial charge >= 0.3 is 0 Å². The molecular formula is C15H22FN5O3. The van der Waals surface area contributed by atoms with E-state index in [0.29, 0.717) is 25.1 Å². The number of amides is 2. The minimum atomic E-state index is -0.573. The van der Waals surface area contributed by atoms with E-state index in [1.54, 1.807) is 6.07 Å². The number of nitrogens with one attached hydrogen (secondary N) is 2. The monoisotopic (exact) mass is 339 g/mol. The number of hydrogen-bond donors (Lipinski definition) is 3. The van der Waals surface area contributed by atoms with Crippen LogP contribution in [0.1, 0.15) is 0 Å². The SMILES string of the molecule is COC(CNC=O)CN(C=O)c1ccc(N(C=N)CCN)c(F)c1. The average Bonchev–Trinajstić information content (AvgIpc) is 2.60. The Bertz CT molecular complexity index is 558. The van der Waals surface area contributed by atoms with Gasteiger partial charge in [0.05, 0.1) is 24.7 Å². The van der Waals surface area contributed by atoms with E-state index in [1.165, 1.54) is 29.0 Å². The number of nitrogens with zero attached hydrogens (tertiary/aromatic N) is 2. The summed E-state index contributed by atoms with van der Waals surface area (Å²) >= 11 is 0. The Morgan fingerprint density at radius 1 is 1.42 bits per heavy atom. The van der Waals surface area contributed by atoms with Crippen molar-refractivity contribution in [3.05, 3.63) is 24.0 Å². The summed E-state index contributed by atoms with van der Waals surface area (Å²) in [6.45, 7) is 0.955. The first-order chi connectivity index (χ1) is 11.6. The van der Waals surface area contributed by atoms with Crippen LogP contribution in [0.2, 0.25) is 0 Å². The van der Waals surface area contributed by atoms with E-state index in [-0.39, 0.29) is 25.3 Å². The summed E-state index contributed by atoms with van der Waals surface area (Å²) in [5.74, 6) is -0.573. The zero-order chi connectivity index (χ0) is 17.9. The second-order valence-corrected chi connectivity index (χ2v) is 4.89. The molecule has 0 saturated heterocycles. The maximum Gasteiger partial charge on any atom is 0.214 e. The van der Waals surface area contributed by atoms with Gasteiger partial charge < -0.3 is 25.6 Å². The smallest absolute Gasteiger partial charge is 0.214 e. The Hall–Kier alpha value is -2.52. The van der Waals surface area contributed by atoms with Gasteiger partial charge in [0.1, 0.15) is 5.82 Å². The van der Waals surface area contributed by atoms with Crippen LogP contribution in [0, 0.1) is 11.2 Å². The van der Waals surface area contributed by atoms with Crippen molar-refractivity contribution in [3.8, 4) is 0 Å². The molecule has 1 aromatic carbocycles. The van der Waals surface area contributed by atoms with E-state index in [1.807, 2.05) is 0 Å². The van der Waals surface area contributed by atoms with E-state index in [2.05, 4.69) is 5.32 Å². The summed E-state index contributed by atoms with van der Waals surface area (Å²) in [6, 6.07) is 4.25. The molecule has 0 spiro atoms. The number of carbonyl (C=O) groups is 2. The molecule has 2 amide bonds. The number of methoxy groups -OCH3 is 1. The fraction of sp³-hybridized carbons (Fsp3) is 0.400. The molecule has 1 unspecified atom stereocenters. The highest BCUT2D eigenvalue weighted by Gasteiger charge is 2.16. The lowest BCUT2D eigenvalue weighted by Gasteiger charge is -2.25. The van der Waals surface area contributed by atoms with Crippen LogP contribution in [0.15, 0.2) is 18.2 Å². The van der Waals surface area contributed by atoms with E-state index >= 15 is 0 Å². The predicted octanol–water partition coefficient (Wildman–Crippen LogP) is -0.0783. The summed E-state index contributed by atoms with van der Waals surface area (Å²) in [5.41, 5.74) is 5.98. The van der Waals surface area contributed by atoms with Crippen LogP contribution >= 0.6 is 0 Å². The van der Waals surface area contributed by atoms with Crippen molar-refractivity contribution < 1.29 is 18.7 Å². The number of rotatable bonds is 12. The number of halogens is 1. The van der Waals surface area contributed by atoms with Gasteiger partial charge in [-0.25, -0.2) is 4.39 Å². The minimum Gasteiger partial charge on any atom is -0.378 e. The quantitative estimate of drug-likeness (QED) is 0.280. The lowest BCUT2D eigenvalue weighted by atomic mass is 10.2. The molecule has 0 aliphatic carbocycles. The second-order valence-electron chi connectivity index (χ2n) is 4.89. The first-order valence-corrected chi connectivity index (χ1v) is 7.29. The topological polar surface area (TPSA) is 112 Å². The van der Waals surface area contributed by atoms with E-state index in [4.69, 9.17) is 15.9 Å². The fourth-order valence-electron chi connectivity index (χ4n) is 2.13. The van der Waals surface area contributed by atoms with Crippen molar-refractivity contribution in [1.82, 2.24) is 5.32 Å². The first-order valence-electron chi connectivity index (χ1n) is 7.29. The van der Waals surface area contributed by atoms with Crippen LogP contribution in [0.3, 0.4) is 0 Å². The highest BCUT2D eigenvalue weighted by Crippen LogP contribution is 2.24. The zero-order valence-corrected chi connectivity index (χ0v) is 13.4. The number of ether oxygens (including phenoxy) is 1. The van der Waals surface area contributed by atoms with Crippen LogP contribution < -0.4 is 20.9 Å². The van der Waals surface area contributed by atoms with Gasteiger partial charge in [0.15, 0.2) is 0 Å². The standard InChI is InChI=1S/C15H22FN5O3/c1-24-13(7-19-10-22)8-21(11-23)12-2-3-15(14(16)6-12)20(9-18)5-4-17/h2-3,6,9-11,13,18H,4-5,7-8,17H2,1H3,(H,19,22). The number of carbonyl (C=O) groups excluding carboxylic acids is 2. The fourth-order valence-corrected chi connectivity index (χ4v) is 2.13. The van der Waals surface area contributed by atoms with Gasteiger partial charge in [0.25, 0.3) is 0 Å². The highest BCUT2D eigenvalue weighted by atomic mass is 19.1. The van der Waals surface area contributed by atoms with Gasteiger partial charge in [-0.1, -0.05) is 0 Å². The number of hydrogen-bond acceptors (Lipinski definition) is 5. The molecule has 8 nitrogen and oxygen atoms in total. The molecule has 24 heavy (non-hydrogen) atoms. The number of benzene rings is 1. The average molecular weight is 339 g/mol. The van der Waals surface area contributed by atoms with Crippen LogP contribution in [0.4, 0.5) is 15.8 Å². The summed E-state index contributed by atoms with van der Waals surface area (Å²) in [7, 11) is 1.46. The highest BCUT2D eigenvalue weighted by molar-refractivity contribution is 5.80. The molecule has 0 saturated carbocycles. The van der Waals surface area contributed by atoms with Crippen LogP contribution in [0.5, 0.6) is 0 Å². The second kappa shape index (κ2) is 10.3. The summed E-state index contributed by atoms with van der Waals surface area (Å²) < 4.78 is 19.5. The van der Waals surface area contributed by atoms with Crippen LogP contribution in [0.25, 0.3) is 0 Å². The van der Waals surface area contributed by atoms with Crippen molar-refractivity contribution in [2.24, 2.45) is 5.73 Å². The maximum atomic E-state index is 14.3. The Morgan fingerprint density at radius 3 is 2.67 bits per heavy atom. The molecule has 132 valence electrons. The van der Waals surface area contributed by atoms with Crippen LogP contribution in [-0.4, -0.2) is 58.6 Å². The molecule has 0 aliphatic heterocycles. The van der Waals surface area contributed by atoms with Crippen molar-refractivity contribution in [1.29, 1.82) is 5.41 Å². The molecular weight excluding hydrogens is 317 g/mol. The van der Waals surface area contributed by atoms with Crippen molar-refractivity contribution in [2.45, 2.75) is 6.10 Å². The van der Waals surface area contributed by atoms with E-state index in [0.717, 1.165) is 6.34 Å². The molecule has 0 fully saturated rings. The minimum absolute atomic E-state index is 0.150. The number of anilines is 2. The molecule has 0 radical (unpaired) electrons. The molecule has 0 aliphatic rings. The van der Waals surface area contributed by atoms with E-state index < -0.39 is 11.9 Å². The Kier molecular flexibility index (Phi) is 8.37. The van der Waals surface area contributed by atoms with E-state index in [9.17, 15) is 14.0 Å². The number of nitrogens with two attached hydrogens (primary N) is 1. The molecule has 0 heterocycles. The van der Waals surface area contributed by atoms with Gasteiger partial charge in [-0.3, -0.25) is 15.0 Å². The van der Waals surface area contributed by atoms with Crippen LogP contribution in [-0.2, 0) is 14.3 Å².